The Hall–Kier alpha value is -1.55. The van der Waals surface area contributed by atoms with Gasteiger partial charge in [0.1, 0.15) is 0 Å². The molecule has 0 atom stereocenters. The molecule has 0 bridgehead atoms. The van der Waals surface area contributed by atoms with Gasteiger partial charge in [0.15, 0.2) is 0 Å². The summed E-state index contributed by atoms with van der Waals surface area (Å²) in [6, 6.07) is 11.6. The second-order valence-corrected chi connectivity index (χ2v) is 4.78. The van der Waals surface area contributed by atoms with Crippen molar-refractivity contribution < 1.29 is 9.90 Å². The number of anilines is 1. The predicted molar refractivity (Wildman–Crippen MR) is 76.8 cm³/mol. The zero-order valence-electron chi connectivity index (χ0n) is 9.86. The summed E-state index contributed by atoms with van der Waals surface area (Å²) in [5.41, 5.74) is 1.62. The molecular weight excluding hydrogens is 285 g/mol. The fourth-order valence-corrected chi connectivity index (χ4v) is 1.99. The lowest BCUT2D eigenvalue weighted by atomic mass is 10.2. The Labute approximate surface area is 120 Å². The maximum absolute atomic E-state index is 12.1. The minimum atomic E-state index is -0.345. The van der Waals surface area contributed by atoms with Crippen molar-refractivity contribution in [2.24, 2.45) is 0 Å². The highest BCUT2D eigenvalue weighted by atomic mass is 35.5. The van der Waals surface area contributed by atoms with Gasteiger partial charge in [0.05, 0.1) is 17.2 Å². The highest BCUT2D eigenvalue weighted by Crippen LogP contribution is 2.22. The molecule has 0 unspecified atom stereocenters. The zero-order chi connectivity index (χ0) is 13.8. The van der Waals surface area contributed by atoms with E-state index in [9.17, 15) is 4.79 Å². The first-order chi connectivity index (χ1) is 9.10. The van der Waals surface area contributed by atoms with Crippen LogP contribution in [-0.4, -0.2) is 11.0 Å². The van der Waals surface area contributed by atoms with Gasteiger partial charge in [-0.15, -0.1) is 0 Å². The topological polar surface area (TPSA) is 49.3 Å². The van der Waals surface area contributed by atoms with E-state index in [1.807, 2.05) is 0 Å². The minimum Gasteiger partial charge on any atom is -0.392 e. The molecule has 5 heteroatoms. The Kier molecular flexibility index (Phi) is 4.43. The lowest BCUT2D eigenvalue weighted by Crippen LogP contribution is -2.12. The van der Waals surface area contributed by atoms with E-state index in [0.717, 1.165) is 5.56 Å². The number of carbonyl (C=O) groups excluding carboxylic acids is 1. The first kappa shape index (κ1) is 13.9. The molecule has 0 aliphatic heterocycles. The van der Waals surface area contributed by atoms with Crippen LogP contribution in [0.25, 0.3) is 0 Å². The molecule has 1 amide bonds. The Morgan fingerprint density at radius 2 is 1.95 bits per heavy atom. The van der Waals surface area contributed by atoms with E-state index >= 15 is 0 Å². The predicted octanol–water partition coefficient (Wildman–Crippen LogP) is 3.74. The number of hydrogen-bond donors (Lipinski definition) is 2. The fourth-order valence-electron chi connectivity index (χ4n) is 1.62. The third-order valence-electron chi connectivity index (χ3n) is 2.54. The van der Waals surface area contributed by atoms with Crippen molar-refractivity contribution in [3.63, 3.8) is 0 Å². The quantitative estimate of drug-likeness (QED) is 0.906. The zero-order valence-corrected chi connectivity index (χ0v) is 11.4. The van der Waals surface area contributed by atoms with Gasteiger partial charge >= 0.3 is 0 Å². The summed E-state index contributed by atoms with van der Waals surface area (Å²) in [4.78, 5) is 12.1. The number of rotatable bonds is 3. The average Bonchev–Trinajstić information content (AvgIpc) is 2.41. The van der Waals surface area contributed by atoms with Crippen LogP contribution in [0.1, 0.15) is 15.9 Å². The molecule has 0 aliphatic carbocycles. The van der Waals surface area contributed by atoms with Crippen molar-refractivity contribution in [1.29, 1.82) is 0 Å². The fraction of sp³-hybridized carbons (Fsp3) is 0.0714. The molecule has 0 saturated carbocycles. The smallest absolute Gasteiger partial charge is 0.257 e. The SMILES string of the molecule is O=C(Nc1cccc(CO)c1)c1cc(Cl)ccc1Cl. The summed E-state index contributed by atoms with van der Waals surface area (Å²) in [7, 11) is 0. The van der Waals surface area contributed by atoms with E-state index in [0.29, 0.717) is 21.3 Å². The van der Waals surface area contributed by atoms with E-state index < -0.39 is 0 Å². The molecule has 0 radical (unpaired) electrons. The molecule has 0 spiro atoms. The molecule has 0 aliphatic rings. The standard InChI is InChI=1S/C14H11Cl2NO2/c15-10-4-5-13(16)12(7-10)14(19)17-11-3-1-2-9(6-11)8-18/h1-7,18H,8H2,(H,17,19). The van der Waals surface area contributed by atoms with Gasteiger partial charge in [-0.05, 0) is 35.9 Å². The normalized spacial score (nSPS) is 10.3. The second-order valence-electron chi connectivity index (χ2n) is 3.94. The van der Waals surface area contributed by atoms with Crippen molar-refractivity contribution in [1.82, 2.24) is 0 Å². The highest BCUT2D eigenvalue weighted by molar-refractivity contribution is 6.36. The number of nitrogens with one attached hydrogen (secondary N) is 1. The summed E-state index contributed by atoms with van der Waals surface area (Å²) in [6.45, 7) is -0.0817. The van der Waals surface area contributed by atoms with Gasteiger partial charge in [0.25, 0.3) is 5.91 Å². The lowest BCUT2D eigenvalue weighted by Gasteiger charge is -2.08. The molecule has 98 valence electrons. The molecule has 19 heavy (non-hydrogen) atoms. The van der Waals surface area contributed by atoms with Crippen molar-refractivity contribution in [3.8, 4) is 0 Å². The van der Waals surface area contributed by atoms with E-state index in [1.165, 1.54) is 6.07 Å². The maximum atomic E-state index is 12.1. The van der Waals surface area contributed by atoms with Crippen LogP contribution in [0.2, 0.25) is 10.0 Å². The Balaban J connectivity index is 2.23. The molecule has 0 saturated heterocycles. The van der Waals surface area contributed by atoms with Gasteiger partial charge in [-0.2, -0.15) is 0 Å². The molecule has 2 aromatic carbocycles. The molecule has 2 aromatic rings. The summed E-state index contributed by atoms with van der Waals surface area (Å²) in [5.74, 6) is -0.345. The van der Waals surface area contributed by atoms with Crippen LogP contribution in [0.3, 0.4) is 0 Å². The minimum absolute atomic E-state index is 0.0817. The van der Waals surface area contributed by atoms with Gasteiger partial charge in [0, 0.05) is 10.7 Å². The molecule has 0 aromatic heterocycles. The molecular formula is C14H11Cl2NO2. The summed E-state index contributed by atoms with van der Waals surface area (Å²) in [5, 5.41) is 12.5. The van der Waals surface area contributed by atoms with Gasteiger partial charge in [-0.3, -0.25) is 4.79 Å². The van der Waals surface area contributed by atoms with Gasteiger partial charge in [-0.25, -0.2) is 0 Å². The molecule has 0 heterocycles. The van der Waals surface area contributed by atoms with Gasteiger partial charge in [0.2, 0.25) is 0 Å². The Morgan fingerprint density at radius 1 is 1.16 bits per heavy atom. The number of amides is 1. The van der Waals surface area contributed by atoms with Crippen molar-refractivity contribution in [2.45, 2.75) is 6.61 Å². The lowest BCUT2D eigenvalue weighted by molar-refractivity contribution is 0.102. The first-order valence-corrected chi connectivity index (χ1v) is 6.32. The monoisotopic (exact) mass is 295 g/mol. The number of aliphatic hydroxyl groups is 1. The third kappa shape index (κ3) is 3.47. The number of aliphatic hydroxyl groups excluding tert-OH is 1. The number of benzene rings is 2. The number of halogens is 2. The molecule has 0 fully saturated rings. The van der Waals surface area contributed by atoms with Crippen LogP contribution < -0.4 is 5.32 Å². The number of hydrogen-bond acceptors (Lipinski definition) is 2. The summed E-state index contributed by atoms with van der Waals surface area (Å²) in [6.07, 6.45) is 0. The van der Waals surface area contributed by atoms with Crippen LogP contribution >= 0.6 is 23.2 Å². The summed E-state index contributed by atoms with van der Waals surface area (Å²) >= 11 is 11.8. The van der Waals surface area contributed by atoms with Crippen molar-refractivity contribution >= 4 is 34.8 Å². The molecule has 3 nitrogen and oxygen atoms in total. The van der Waals surface area contributed by atoms with Crippen LogP contribution in [-0.2, 0) is 6.61 Å². The van der Waals surface area contributed by atoms with Crippen LogP contribution in [0.4, 0.5) is 5.69 Å². The average molecular weight is 296 g/mol. The van der Waals surface area contributed by atoms with Gasteiger partial charge < -0.3 is 10.4 Å². The van der Waals surface area contributed by atoms with Crippen molar-refractivity contribution in [3.05, 3.63) is 63.6 Å². The summed E-state index contributed by atoms with van der Waals surface area (Å²) < 4.78 is 0. The largest absolute Gasteiger partial charge is 0.392 e. The second kappa shape index (κ2) is 6.06. The van der Waals surface area contributed by atoms with Gasteiger partial charge in [-0.1, -0.05) is 35.3 Å². The van der Waals surface area contributed by atoms with E-state index in [2.05, 4.69) is 5.32 Å². The van der Waals surface area contributed by atoms with E-state index in [1.54, 1.807) is 36.4 Å². The third-order valence-corrected chi connectivity index (χ3v) is 3.11. The van der Waals surface area contributed by atoms with Crippen LogP contribution in [0.15, 0.2) is 42.5 Å². The molecule has 2 N–H and O–H groups in total. The first-order valence-electron chi connectivity index (χ1n) is 5.56. The van der Waals surface area contributed by atoms with E-state index in [-0.39, 0.29) is 12.5 Å². The Morgan fingerprint density at radius 3 is 2.68 bits per heavy atom. The van der Waals surface area contributed by atoms with E-state index in [4.69, 9.17) is 28.3 Å². The molecule has 2 rings (SSSR count). The van der Waals surface area contributed by atoms with Crippen molar-refractivity contribution in [2.75, 3.05) is 5.32 Å². The number of carbonyl (C=O) groups is 1. The maximum Gasteiger partial charge on any atom is 0.257 e. The highest BCUT2D eigenvalue weighted by Gasteiger charge is 2.11. The Bertz CT molecular complexity index is 614. The van der Waals surface area contributed by atoms with Crippen LogP contribution in [0, 0.1) is 0 Å². The van der Waals surface area contributed by atoms with Crippen LogP contribution in [0.5, 0.6) is 0 Å².